The highest BCUT2D eigenvalue weighted by atomic mass is 35.5. The third kappa shape index (κ3) is 2.54. The van der Waals surface area contributed by atoms with Gasteiger partial charge in [0.15, 0.2) is 0 Å². The van der Waals surface area contributed by atoms with Crippen molar-refractivity contribution < 1.29 is 4.74 Å². The molecule has 0 bridgehead atoms. The number of hydrogen-bond donors (Lipinski definition) is 1. The van der Waals surface area contributed by atoms with Crippen LogP contribution in [0.5, 0.6) is 5.75 Å². The molecule has 17 heavy (non-hydrogen) atoms. The second kappa shape index (κ2) is 5.89. The molecule has 1 atom stereocenters. The summed E-state index contributed by atoms with van der Waals surface area (Å²) < 4.78 is 5.40. The minimum atomic E-state index is 0. The van der Waals surface area contributed by atoms with Gasteiger partial charge in [-0.25, -0.2) is 0 Å². The molecule has 0 aliphatic heterocycles. The van der Waals surface area contributed by atoms with Gasteiger partial charge in [-0.2, -0.15) is 0 Å². The van der Waals surface area contributed by atoms with E-state index >= 15 is 0 Å². The topological polar surface area (TPSA) is 35.2 Å². The first-order chi connectivity index (χ1) is 7.77. The van der Waals surface area contributed by atoms with Gasteiger partial charge >= 0.3 is 0 Å². The SMILES string of the molecule is CC[C@@H](N)c1c(OC)ccc2ccccc12.Cl. The third-order valence-electron chi connectivity index (χ3n) is 2.96. The molecule has 0 fully saturated rings. The number of halogens is 1. The molecule has 2 aromatic carbocycles. The zero-order valence-electron chi connectivity index (χ0n) is 10.1. The summed E-state index contributed by atoms with van der Waals surface area (Å²) in [6, 6.07) is 12.4. The Morgan fingerprint density at radius 3 is 2.53 bits per heavy atom. The van der Waals surface area contributed by atoms with E-state index in [1.165, 1.54) is 10.8 Å². The first-order valence-corrected chi connectivity index (χ1v) is 5.59. The van der Waals surface area contributed by atoms with Crippen LogP contribution in [-0.4, -0.2) is 7.11 Å². The average molecular weight is 252 g/mol. The molecule has 2 nitrogen and oxygen atoms in total. The molecule has 0 unspecified atom stereocenters. The highest BCUT2D eigenvalue weighted by Crippen LogP contribution is 2.33. The van der Waals surface area contributed by atoms with Crippen molar-refractivity contribution in [2.45, 2.75) is 19.4 Å². The van der Waals surface area contributed by atoms with Crippen LogP contribution >= 0.6 is 12.4 Å². The Hall–Kier alpha value is -1.25. The van der Waals surface area contributed by atoms with E-state index in [4.69, 9.17) is 10.5 Å². The van der Waals surface area contributed by atoms with Gasteiger partial charge in [-0.15, -0.1) is 12.4 Å². The Bertz CT molecular complexity index is 499. The van der Waals surface area contributed by atoms with Gasteiger partial charge in [-0.05, 0) is 23.3 Å². The van der Waals surface area contributed by atoms with E-state index in [1.807, 2.05) is 18.2 Å². The number of benzene rings is 2. The molecule has 0 saturated carbocycles. The van der Waals surface area contributed by atoms with Crippen molar-refractivity contribution in [2.24, 2.45) is 5.73 Å². The van der Waals surface area contributed by atoms with Gasteiger partial charge in [0.25, 0.3) is 0 Å². The summed E-state index contributed by atoms with van der Waals surface area (Å²) >= 11 is 0. The van der Waals surface area contributed by atoms with Gasteiger partial charge in [0.1, 0.15) is 5.75 Å². The van der Waals surface area contributed by atoms with Crippen molar-refractivity contribution in [3.05, 3.63) is 42.0 Å². The molecule has 0 amide bonds. The standard InChI is InChI=1S/C14H17NO.ClH/c1-3-12(15)14-11-7-5-4-6-10(11)8-9-13(14)16-2;/h4-9,12H,3,15H2,1-2H3;1H/t12-;/m1./s1. The zero-order valence-corrected chi connectivity index (χ0v) is 11.0. The first kappa shape index (κ1) is 13.8. The smallest absolute Gasteiger partial charge is 0.124 e. The molecule has 2 aromatic rings. The molecular formula is C14H18ClNO. The molecular weight excluding hydrogens is 234 g/mol. The van der Waals surface area contributed by atoms with E-state index in [-0.39, 0.29) is 18.4 Å². The average Bonchev–Trinajstić information content (AvgIpc) is 2.36. The van der Waals surface area contributed by atoms with Crippen molar-refractivity contribution in [1.82, 2.24) is 0 Å². The minimum Gasteiger partial charge on any atom is -0.496 e. The number of rotatable bonds is 3. The maximum atomic E-state index is 6.16. The summed E-state index contributed by atoms with van der Waals surface area (Å²) in [5, 5.41) is 2.40. The second-order valence-electron chi connectivity index (χ2n) is 3.92. The first-order valence-electron chi connectivity index (χ1n) is 5.59. The predicted molar refractivity (Wildman–Crippen MR) is 75.0 cm³/mol. The fourth-order valence-corrected chi connectivity index (χ4v) is 2.04. The molecule has 0 heterocycles. The lowest BCUT2D eigenvalue weighted by Gasteiger charge is -2.16. The van der Waals surface area contributed by atoms with Crippen LogP contribution in [-0.2, 0) is 0 Å². The molecule has 2 N–H and O–H groups in total. The maximum Gasteiger partial charge on any atom is 0.124 e. The fraction of sp³-hybridized carbons (Fsp3) is 0.286. The van der Waals surface area contributed by atoms with E-state index in [0.717, 1.165) is 17.7 Å². The monoisotopic (exact) mass is 251 g/mol. The molecule has 0 aliphatic carbocycles. The second-order valence-corrected chi connectivity index (χ2v) is 3.92. The van der Waals surface area contributed by atoms with E-state index in [1.54, 1.807) is 7.11 Å². The number of nitrogens with two attached hydrogens (primary N) is 1. The molecule has 0 saturated heterocycles. The Labute approximate surface area is 108 Å². The van der Waals surface area contributed by atoms with Gasteiger partial charge in [0.2, 0.25) is 0 Å². The van der Waals surface area contributed by atoms with Gasteiger partial charge in [-0.3, -0.25) is 0 Å². The number of hydrogen-bond acceptors (Lipinski definition) is 2. The van der Waals surface area contributed by atoms with Crippen LogP contribution < -0.4 is 10.5 Å². The molecule has 3 heteroatoms. The van der Waals surface area contributed by atoms with Crippen LogP contribution in [0, 0.1) is 0 Å². The molecule has 0 radical (unpaired) electrons. The summed E-state index contributed by atoms with van der Waals surface area (Å²) in [7, 11) is 1.69. The van der Waals surface area contributed by atoms with Crippen LogP contribution in [0.4, 0.5) is 0 Å². The van der Waals surface area contributed by atoms with Gasteiger partial charge in [-0.1, -0.05) is 37.3 Å². The van der Waals surface area contributed by atoms with Gasteiger partial charge < -0.3 is 10.5 Å². The molecule has 0 spiro atoms. The molecule has 92 valence electrons. The van der Waals surface area contributed by atoms with E-state index in [2.05, 4.69) is 25.1 Å². The molecule has 0 aliphatic rings. The summed E-state index contributed by atoms with van der Waals surface area (Å²) in [6.07, 6.45) is 0.907. The summed E-state index contributed by atoms with van der Waals surface area (Å²) in [5.74, 6) is 0.882. The van der Waals surface area contributed by atoms with Crippen molar-refractivity contribution in [3.8, 4) is 5.75 Å². The highest BCUT2D eigenvalue weighted by Gasteiger charge is 2.13. The molecule has 0 aromatic heterocycles. The Morgan fingerprint density at radius 2 is 1.88 bits per heavy atom. The lowest BCUT2D eigenvalue weighted by atomic mass is 9.97. The molecule has 2 rings (SSSR count). The Balaban J connectivity index is 0.00000144. The fourth-order valence-electron chi connectivity index (χ4n) is 2.04. The van der Waals surface area contributed by atoms with Gasteiger partial charge in [0, 0.05) is 11.6 Å². The van der Waals surface area contributed by atoms with Crippen molar-refractivity contribution in [2.75, 3.05) is 7.11 Å². The quantitative estimate of drug-likeness (QED) is 0.903. The zero-order chi connectivity index (χ0) is 11.5. The normalized spacial score (nSPS) is 11.9. The van der Waals surface area contributed by atoms with E-state index in [0.29, 0.717) is 0 Å². The van der Waals surface area contributed by atoms with Crippen molar-refractivity contribution in [3.63, 3.8) is 0 Å². The lowest BCUT2D eigenvalue weighted by molar-refractivity contribution is 0.406. The summed E-state index contributed by atoms with van der Waals surface area (Å²) in [6.45, 7) is 2.09. The van der Waals surface area contributed by atoms with Crippen LogP contribution in [0.25, 0.3) is 10.8 Å². The van der Waals surface area contributed by atoms with Crippen LogP contribution in [0.2, 0.25) is 0 Å². The largest absolute Gasteiger partial charge is 0.496 e. The van der Waals surface area contributed by atoms with Crippen LogP contribution in [0.1, 0.15) is 24.9 Å². The number of methoxy groups -OCH3 is 1. The van der Waals surface area contributed by atoms with Crippen LogP contribution in [0.15, 0.2) is 36.4 Å². The number of ether oxygens (including phenoxy) is 1. The lowest BCUT2D eigenvalue weighted by Crippen LogP contribution is -2.10. The Morgan fingerprint density at radius 1 is 1.18 bits per heavy atom. The highest BCUT2D eigenvalue weighted by molar-refractivity contribution is 5.88. The number of fused-ring (bicyclic) bond motifs is 1. The minimum absolute atomic E-state index is 0. The van der Waals surface area contributed by atoms with E-state index < -0.39 is 0 Å². The van der Waals surface area contributed by atoms with Crippen LogP contribution in [0.3, 0.4) is 0 Å². The summed E-state index contributed by atoms with van der Waals surface area (Å²) in [5.41, 5.74) is 7.27. The maximum absolute atomic E-state index is 6.16. The van der Waals surface area contributed by atoms with Crippen molar-refractivity contribution >= 4 is 23.2 Å². The van der Waals surface area contributed by atoms with E-state index in [9.17, 15) is 0 Å². The predicted octanol–water partition coefficient (Wildman–Crippen LogP) is 3.68. The Kier molecular flexibility index (Phi) is 4.79. The summed E-state index contributed by atoms with van der Waals surface area (Å²) in [4.78, 5) is 0. The third-order valence-corrected chi connectivity index (χ3v) is 2.96. The van der Waals surface area contributed by atoms with Crippen molar-refractivity contribution in [1.29, 1.82) is 0 Å². The van der Waals surface area contributed by atoms with Gasteiger partial charge in [0.05, 0.1) is 7.11 Å².